The van der Waals surface area contributed by atoms with Gasteiger partial charge in [0.2, 0.25) is 5.78 Å². The van der Waals surface area contributed by atoms with Crippen LogP contribution in [0.4, 0.5) is 0 Å². The molecule has 0 atom stereocenters. The number of ether oxygens (including phenoxy) is 1. The normalized spacial score (nSPS) is 18.2. The van der Waals surface area contributed by atoms with Crippen molar-refractivity contribution in [2.24, 2.45) is 0 Å². The van der Waals surface area contributed by atoms with E-state index < -0.39 is 0 Å². The van der Waals surface area contributed by atoms with E-state index >= 15 is 0 Å². The van der Waals surface area contributed by atoms with Crippen molar-refractivity contribution in [1.82, 2.24) is 9.80 Å². The van der Waals surface area contributed by atoms with Gasteiger partial charge < -0.3 is 9.84 Å². The number of hydrogen-bond acceptors (Lipinski definition) is 6. The van der Waals surface area contributed by atoms with Crippen LogP contribution in [0.5, 0.6) is 11.5 Å². The van der Waals surface area contributed by atoms with Crippen LogP contribution in [0.3, 0.4) is 0 Å². The minimum absolute atomic E-state index is 0.111. The summed E-state index contributed by atoms with van der Waals surface area (Å²) in [5.41, 5.74) is 3.34. The second kappa shape index (κ2) is 8.90. The van der Waals surface area contributed by atoms with Crippen molar-refractivity contribution >= 4 is 23.2 Å². The highest BCUT2D eigenvalue weighted by atomic mass is 32.1. The predicted molar refractivity (Wildman–Crippen MR) is 127 cm³/mol. The Kier molecular flexibility index (Phi) is 5.83. The molecule has 0 amide bonds. The molecule has 32 heavy (non-hydrogen) atoms. The van der Waals surface area contributed by atoms with Crippen molar-refractivity contribution in [3.63, 3.8) is 0 Å². The number of ketones is 1. The number of Topliss-reactive ketones (excluding diaryl/α,β-unsaturated/α-hetero) is 1. The molecular formula is C26H26N2O3S. The molecule has 3 aromatic rings. The van der Waals surface area contributed by atoms with Crippen LogP contribution in [0.25, 0.3) is 6.08 Å². The number of benzene rings is 2. The van der Waals surface area contributed by atoms with Gasteiger partial charge in [-0.15, -0.1) is 11.3 Å². The molecule has 0 saturated carbocycles. The van der Waals surface area contributed by atoms with Crippen LogP contribution in [0.2, 0.25) is 0 Å². The molecule has 6 heteroatoms. The van der Waals surface area contributed by atoms with Crippen molar-refractivity contribution in [3.8, 4) is 11.5 Å². The number of thiophene rings is 1. The third-order valence-corrected chi connectivity index (χ3v) is 6.95. The van der Waals surface area contributed by atoms with E-state index in [4.69, 9.17) is 4.74 Å². The SMILES string of the molecule is Cc1cc(O)c(CN2CCN(Cc3ccccc3)CC2)c2c1C(=O)/C(=C/c1cccs1)O2. The van der Waals surface area contributed by atoms with Crippen LogP contribution >= 0.6 is 11.3 Å². The summed E-state index contributed by atoms with van der Waals surface area (Å²) in [5.74, 6) is 0.921. The Morgan fingerprint density at radius 3 is 2.44 bits per heavy atom. The summed E-state index contributed by atoms with van der Waals surface area (Å²) in [6.07, 6.45) is 1.79. The molecule has 1 fully saturated rings. The number of piperazine rings is 1. The van der Waals surface area contributed by atoms with Crippen molar-refractivity contribution in [2.75, 3.05) is 26.2 Å². The molecular weight excluding hydrogens is 420 g/mol. The van der Waals surface area contributed by atoms with Crippen LogP contribution in [-0.2, 0) is 13.1 Å². The van der Waals surface area contributed by atoms with Crippen LogP contribution in [-0.4, -0.2) is 46.9 Å². The molecule has 1 aromatic heterocycles. The van der Waals surface area contributed by atoms with Gasteiger partial charge >= 0.3 is 0 Å². The summed E-state index contributed by atoms with van der Waals surface area (Å²) in [7, 11) is 0. The molecule has 2 aliphatic rings. The number of hydrogen-bond donors (Lipinski definition) is 1. The van der Waals surface area contributed by atoms with Crippen molar-refractivity contribution in [3.05, 3.63) is 86.8 Å². The van der Waals surface area contributed by atoms with Gasteiger partial charge in [-0.2, -0.15) is 0 Å². The van der Waals surface area contributed by atoms with Gasteiger partial charge in [0.1, 0.15) is 11.5 Å². The van der Waals surface area contributed by atoms with Gasteiger partial charge in [-0.3, -0.25) is 14.6 Å². The van der Waals surface area contributed by atoms with E-state index in [1.165, 1.54) is 5.56 Å². The zero-order valence-electron chi connectivity index (χ0n) is 18.1. The Labute approximate surface area is 192 Å². The van der Waals surface area contributed by atoms with E-state index in [1.54, 1.807) is 23.5 Å². The average Bonchev–Trinajstić information content (AvgIpc) is 3.42. The highest BCUT2D eigenvalue weighted by Crippen LogP contribution is 2.42. The average molecular weight is 447 g/mol. The lowest BCUT2D eigenvalue weighted by Crippen LogP contribution is -2.45. The second-order valence-electron chi connectivity index (χ2n) is 8.39. The number of rotatable bonds is 5. The van der Waals surface area contributed by atoms with Gasteiger partial charge in [0.25, 0.3) is 0 Å². The molecule has 164 valence electrons. The first-order valence-corrected chi connectivity index (χ1v) is 11.8. The first-order valence-electron chi connectivity index (χ1n) is 10.9. The number of fused-ring (bicyclic) bond motifs is 1. The molecule has 5 nitrogen and oxygen atoms in total. The number of carbonyl (C=O) groups is 1. The Bertz CT molecular complexity index is 1150. The largest absolute Gasteiger partial charge is 0.507 e. The maximum absolute atomic E-state index is 13.0. The van der Waals surface area contributed by atoms with Crippen LogP contribution < -0.4 is 4.74 Å². The van der Waals surface area contributed by atoms with Crippen LogP contribution in [0.1, 0.15) is 31.9 Å². The summed E-state index contributed by atoms with van der Waals surface area (Å²) in [6.45, 7) is 7.10. The molecule has 5 rings (SSSR count). The molecule has 0 spiro atoms. The molecule has 0 aliphatic carbocycles. The van der Waals surface area contributed by atoms with Gasteiger partial charge in [0, 0.05) is 50.2 Å². The number of allylic oxidation sites excluding steroid dienone is 1. The van der Waals surface area contributed by atoms with E-state index in [0.29, 0.717) is 29.2 Å². The number of phenols is 1. The minimum atomic E-state index is -0.111. The summed E-state index contributed by atoms with van der Waals surface area (Å²) < 4.78 is 6.05. The predicted octanol–water partition coefficient (Wildman–Crippen LogP) is 4.70. The topological polar surface area (TPSA) is 53.0 Å². The number of aryl methyl sites for hydroxylation is 1. The van der Waals surface area contributed by atoms with Crippen LogP contribution in [0.15, 0.2) is 59.7 Å². The number of carbonyl (C=O) groups excluding carboxylic acids is 1. The van der Waals surface area contributed by atoms with Crippen molar-refractivity contribution < 1.29 is 14.6 Å². The molecule has 2 aliphatic heterocycles. The second-order valence-corrected chi connectivity index (χ2v) is 9.37. The fourth-order valence-electron chi connectivity index (χ4n) is 4.41. The van der Waals surface area contributed by atoms with E-state index in [9.17, 15) is 9.90 Å². The fraction of sp³-hybridized carbons (Fsp3) is 0.269. The first-order chi connectivity index (χ1) is 15.6. The van der Waals surface area contributed by atoms with E-state index in [-0.39, 0.29) is 11.5 Å². The standard InChI is InChI=1S/C26H26N2O3S/c1-18-14-22(29)21(26-24(18)25(30)23(31-26)15-20-8-5-13-32-20)17-28-11-9-27(10-12-28)16-19-6-3-2-4-7-19/h2-8,13-15,29H,9-12,16-17H2,1H3/b23-15-. The smallest absolute Gasteiger partial charge is 0.232 e. The summed E-state index contributed by atoms with van der Waals surface area (Å²) in [5, 5.41) is 12.7. The number of phenolic OH excluding ortho intramolecular Hbond substituents is 1. The quantitative estimate of drug-likeness (QED) is 0.576. The molecule has 3 heterocycles. The van der Waals surface area contributed by atoms with E-state index in [0.717, 1.165) is 43.2 Å². The van der Waals surface area contributed by atoms with Gasteiger partial charge in [-0.05, 0) is 35.6 Å². The zero-order chi connectivity index (χ0) is 22.1. The Balaban J connectivity index is 1.31. The zero-order valence-corrected chi connectivity index (χ0v) is 18.9. The third-order valence-electron chi connectivity index (χ3n) is 6.13. The lowest BCUT2D eigenvalue weighted by atomic mass is 9.99. The maximum Gasteiger partial charge on any atom is 0.232 e. The Morgan fingerprint density at radius 1 is 1.03 bits per heavy atom. The molecule has 0 unspecified atom stereocenters. The summed E-state index contributed by atoms with van der Waals surface area (Å²) >= 11 is 1.56. The minimum Gasteiger partial charge on any atom is -0.507 e. The Hall–Kier alpha value is -2.93. The van der Waals surface area contributed by atoms with E-state index in [1.807, 2.05) is 30.5 Å². The molecule has 0 radical (unpaired) electrons. The first kappa shape index (κ1) is 20.9. The van der Waals surface area contributed by atoms with Gasteiger partial charge in [-0.25, -0.2) is 0 Å². The van der Waals surface area contributed by atoms with Gasteiger partial charge in [0.05, 0.1) is 11.1 Å². The molecule has 0 bridgehead atoms. The number of nitrogens with zero attached hydrogens (tertiary/aromatic N) is 2. The van der Waals surface area contributed by atoms with Crippen molar-refractivity contribution in [1.29, 1.82) is 0 Å². The summed E-state index contributed by atoms with van der Waals surface area (Å²) in [6, 6.07) is 16.1. The highest BCUT2D eigenvalue weighted by molar-refractivity contribution is 7.10. The molecule has 1 N–H and O–H groups in total. The van der Waals surface area contributed by atoms with Crippen molar-refractivity contribution in [2.45, 2.75) is 20.0 Å². The lowest BCUT2D eigenvalue weighted by molar-refractivity contribution is 0.101. The fourth-order valence-corrected chi connectivity index (χ4v) is 5.05. The monoisotopic (exact) mass is 446 g/mol. The van der Waals surface area contributed by atoms with E-state index in [2.05, 4.69) is 34.1 Å². The highest BCUT2D eigenvalue weighted by Gasteiger charge is 2.34. The third kappa shape index (κ3) is 4.21. The maximum atomic E-state index is 13.0. The molecule has 1 saturated heterocycles. The van der Waals surface area contributed by atoms with Gasteiger partial charge in [-0.1, -0.05) is 36.4 Å². The van der Waals surface area contributed by atoms with Gasteiger partial charge in [0.15, 0.2) is 5.76 Å². The molecule has 2 aromatic carbocycles. The summed E-state index contributed by atoms with van der Waals surface area (Å²) in [4.78, 5) is 18.8. The van der Waals surface area contributed by atoms with Crippen LogP contribution in [0, 0.1) is 6.92 Å². The lowest BCUT2D eigenvalue weighted by Gasteiger charge is -2.35. The number of aromatic hydroxyl groups is 1. The Morgan fingerprint density at radius 2 is 1.75 bits per heavy atom.